The average Bonchev–Trinajstić information content (AvgIpc) is 2.66. The molecule has 0 fully saturated rings. The van der Waals surface area contributed by atoms with Crippen molar-refractivity contribution in [1.29, 1.82) is 5.41 Å². The molecule has 0 aromatic carbocycles. The van der Waals surface area contributed by atoms with E-state index in [2.05, 4.69) is 24.1 Å². The topological polar surface area (TPSA) is 93.0 Å². The fraction of sp³-hybridized carbons (Fsp3) is 0.524. The summed E-state index contributed by atoms with van der Waals surface area (Å²) in [7, 11) is 3.27. The number of pyridine rings is 1. The number of aromatic nitrogens is 3. The summed E-state index contributed by atoms with van der Waals surface area (Å²) in [6.45, 7) is 10.5. The van der Waals surface area contributed by atoms with Gasteiger partial charge in [0.1, 0.15) is 5.69 Å². The molecule has 0 spiro atoms. The smallest absolute Gasteiger partial charge is 0.222 e. The Morgan fingerprint density at radius 1 is 1.14 bits per heavy atom. The van der Waals surface area contributed by atoms with Crippen LogP contribution in [0.3, 0.4) is 0 Å². The molecule has 0 aliphatic rings. The van der Waals surface area contributed by atoms with Gasteiger partial charge in [-0.1, -0.05) is 20.8 Å². The number of aryl methyl sites for hydroxylation is 1. The molecule has 7 heteroatoms. The molecule has 1 atom stereocenters. The summed E-state index contributed by atoms with van der Waals surface area (Å²) in [4.78, 5) is 14.2. The van der Waals surface area contributed by atoms with Crippen molar-refractivity contribution in [2.45, 2.75) is 53.0 Å². The number of ether oxygens (including phenoxy) is 2. The Balaban J connectivity index is 2.62. The first-order valence-corrected chi connectivity index (χ1v) is 9.59. The second-order valence-electron chi connectivity index (χ2n) is 7.14. The Hall–Kier alpha value is -2.54. The van der Waals surface area contributed by atoms with Crippen molar-refractivity contribution in [3.8, 4) is 17.1 Å². The summed E-state index contributed by atoms with van der Waals surface area (Å²) in [5, 5.41) is 11.5. The lowest BCUT2D eigenvalue weighted by atomic mass is 10.0. The number of nitrogens with one attached hydrogen (secondary N) is 2. The molecule has 0 amide bonds. The van der Waals surface area contributed by atoms with Gasteiger partial charge >= 0.3 is 0 Å². The highest BCUT2D eigenvalue weighted by Gasteiger charge is 2.20. The number of nitrogens with zero attached hydrogens (tertiary/aromatic N) is 3. The largest absolute Gasteiger partial charge is 0.480 e. The summed E-state index contributed by atoms with van der Waals surface area (Å²) < 4.78 is 10.7. The second kappa shape index (κ2) is 9.59. The fourth-order valence-electron chi connectivity index (χ4n) is 2.93. The Morgan fingerprint density at radius 2 is 1.86 bits per heavy atom. The molecule has 0 aliphatic carbocycles. The highest BCUT2D eigenvalue weighted by atomic mass is 16.5. The van der Waals surface area contributed by atoms with Gasteiger partial charge in [0.2, 0.25) is 5.88 Å². The third-order valence-corrected chi connectivity index (χ3v) is 4.38. The molecule has 2 aromatic rings. The van der Waals surface area contributed by atoms with Crippen molar-refractivity contribution in [2.24, 2.45) is 0 Å². The van der Waals surface area contributed by atoms with Crippen LogP contribution in [0.5, 0.6) is 5.88 Å². The predicted molar refractivity (Wildman–Crippen MR) is 113 cm³/mol. The van der Waals surface area contributed by atoms with E-state index in [1.807, 2.05) is 26.0 Å². The molecule has 7 nitrogen and oxygen atoms in total. The van der Waals surface area contributed by atoms with Gasteiger partial charge < -0.3 is 20.2 Å². The number of anilines is 1. The average molecular weight is 386 g/mol. The minimum atomic E-state index is 0.0504. The summed E-state index contributed by atoms with van der Waals surface area (Å²) >= 11 is 0. The van der Waals surface area contributed by atoms with Gasteiger partial charge in [0.05, 0.1) is 36.4 Å². The minimum absolute atomic E-state index is 0.0504. The van der Waals surface area contributed by atoms with Crippen LogP contribution in [0.2, 0.25) is 0 Å². The number of hydrogen-bond donors (Lipinski definition) is 2. The lowest BCUT2D eigenvalue weighted by Crippen LogP contribution is -2.24. The zero-order chi connectivity index (χ0) is 20.8. The molecule has 0 saturated heterocycles. The van der Waals surface area contributed by atoms with Gasteiger partial charge in [0.25, 0.3) is 0 Å². The maximum atomic E-state index is 8.18. The monoisotopic (exact) mass is 385 g/mol. The second-order valence-corrected chi connectivity index (χ2v) is 7.14. The van der Waals surface area contributed by atoms with Crippen LogP contribution in [0.4, 0.5) is 5.82 Å². The van der Waals surface area contributed by atoms with Crippen LogP contribution in [0.1, 0.15) is 57.6 Å². The molecule has 2 aromatic heterocycles. The van der Waals surface area contributed by atoms with Crippen molar-refractivity contribution < 1.29 is 9.47 Å². The van der Waals surface area contributed by atoms with Crippen LogP contribution >= 0.6 is 0 Å². The predicted octanol–water partition coefficient (Wildman–Crippen LogP) is 4.07. The number of hydrogen-bond acceptors (Lipinski definition) is 7. The van der Waals surface area contributed by atoms with Gasteiger partial charge in [0, 0.05) is 18.8 Å². The maximum Gasteiger partial charge on any atom is 0.222 e. The van der Waals surface area contributed by atoms with Crippen LogP contribution in [0, 0.1) is 5.41 Å². The van der Waals surface area contributed by atoms with Gasteiger partial charge in [-0.3, -0.25) is 0 Å². The van der Waals surface area contributed by atoms with E-state index in [4.69, 9.17) is 24.9 Å². The third-order valence-electron chi connectivity index (χ3n) is 4.38. The van der Waals surface area contributed by atoms with E-state index in [0.717, 1.165) is 17.0 Å². The quantitative estimate of drug-likeness (QED) is 0.632. The van der Waals surface area contributed by atoms with Crippen molar-refractivity contribution in [2.75, 3.05) is 26.1 Å². The van der Waals surface area contributed by atoms with E-state index in [0.29, 0.717) is 47.7 Å². The molecular weight excluding hydrogens is 354 g/mol. The zero-order valence-electron chi connectivity index (χ0n) is 17.9. The standard InChI is InChI=1S/C21H31N5O2/c1-8-16-19(15-9-10-17(12(2)3)25-21(15)28-7)26-18(14(5)22)20(24-16)23-13(4)11-27-6/h9-10,12-13,22H,8,11H2,1-7H3,(H,23,24). The summed E-state index contributed by atoms with van der Waals surface area (Å²) in [5.41, 5.74) is 4.14. The highest BCUT2D eigenvalue weighted by molar-refractivity contribution is 5.99. The number of rotatable bonds is 9. The first kappa shape index (κ1) is 21.8. The summed E-state index contributed by atoms with van der Waals surface area (Å²) in [6, 6.07) is 4.02. The molecule has 152 valence electrons. The van der Waals surface area contributed by atoms with Gasteiger partial charge in [-0.15, -0.1) is 0 Å². The molecule has 2 N–H and O–H groups in total. The Morgan fingerprint density at radius 3 is 2.39 bits per heavy atom. The molecule has 0 saturated carbocycles. The SMILES string of the molecule is CCc1nc(NC(C)COC)c(C(C)=N)nc1-c1ccc(C(C)C)nc1OC. The van der Waals surface area contributed by atoms with Crippen LogP contribution in [0.15, 0.2) is 12.1 Å². The van der Waals surface area contributed by atoms with Gasteiger partial charge in [-0.2, -0.15) is 0 Å². The Bertz CT molecular complexity index is 836. The van der Waals surface area contributed by atoms with Crippen molar-refractivity contribution in [1.82, 2.24) is 15.0 Å². The first-order valence-electron chi connectivity index (χ1n) is 9.59. The fourth-order valence-corrected chi connectivity index (χ4v) is 2.93. The number of methoxy groups -OCH3 is 2. The zero-order valence-corrected chi connectivity index (χ0v) is 17.9. The van der Waals surface area contributed by atoms with Crippen LogP contribution in [-0.4, -0.2) is 47.5 Å². The van der Waals surface area contributed by atoms with Crippen molar-refractivity contribution in [3.63, 3.8) is 0 Å². The van der Waals surface area contributed by atoms with E-state index in [1.54, 1.807) is 21.1 Å². The Kier molecular flexibility index (Phi) is 7.45. The lowest BCUT2D eigenvalue weighted by Gasteiger charge is -2.19. The van der Waals surface area contributed by atoms with E-state index in [-0.39, 0.29) is 6.04 Å². The molecule has 0 aliphatic heterocycles. The highest BCUT2D eigenvalue weighted by Crippen LogP contribution is 2.32. The first-order chi connectivity index (χ1) is 13.3. The van der Waals surface area contributed by atoms with Crippen LogP contribution in [-0.2, 0) is 11.2 Å². The van der Waals surface area contributed by atoms with Crippen LogP contribution in [0.25, 0.3) is 11.3 Å². The van der Waals surface area contributed by atoms with Gasteiger partial charge in [-0.05, 0) is 38.3 Å². The van der Waals surface area contributed by atoms with E-state index in [9.17, 15) is 0 Å². The molecule has 2 rings (SSSR count). The molecular formula is C21H31N5O2. The van der Waals surface area contributed by atoms with E-state index >= 15 is 0 Å². The lowest BCUT2D eigenvalue weighted by molar-refractivity contribution is 0.190. The van der Waals surface area contributed by atoms with E-state index in [1.165, 1.54) is 0 Å². The summed E-state index contributed by atoms with van der Waals surface area (Å²) in [6.07, 6.45) is 0.697. The molecule has 0 radical (unpaired) electrons. The van der Waals surface area contributed by atoms with Gasteiger partial charge in [-0.25, -0.2) is 15.0 Å². The van der Waals surface area contributed by atoms with Crippen molar-refractivity contribution >= 4 is 11.5 Å². The van der Waals surface area contributed by atoms with Crippen molar-refractivity contribution in [3.05, 3.63) is 29.2 Å². The summed E-state index contributed by atoms with van der Waals surface area (Å²) in [5.74, 6) is 1.42. The molecule has 1 unspecified atom stereocenters. The Labute approximate surface area is 167 Å². The molecule has 0 bridgehead atoms. The molecule has 28 heavy (non-hydrogen) atoms. The minimum Gasteiger partial charge on any atom is -0.480 e. The van der Waals surface area contributed by atoms with E-state index < -0.39 is 0 Å². The molecule has 2 heterocycles. The van der Waals surface area contributed by atoms with Gasteiger partial charge in [0.15, 0.2) is 5.82 Å². The maximum absolute atomic E-state index is 8.18. The van der Waals surface area contributed by atoms with Crippen LogP contribution < -0.4 is 10.1 Å². The normalized spacial score (nSPS) is 12.1. The third kappa shape index (κ3) is 4.84.